The molecule has 10 heteroatoms. The predicted octanol–water partition coefficient (Wildman–Crippen LogP) is 5.47. The van der Waals surface area contributed by atoms with Crippen LogP contribution in [0.5, 0.6) is 17.2 Å². The Morgan fingerprint density at radius 3 is 2.64 bits per heavy atom. The van der Waals surface area contributed by atoms with Crippen molar-refractivity contribution in [1.82, 2.24) is 9.80 Å². The number of alkyl halides is 3. The number of esters is 1. The van der Waals surface area contributed by atoms with Crippen molar-refractivity contribution >= 4 is 11.9 Å². The molecule has 7 nitrogen and oxygen atoms in total. The highest BCUT2D eigenvalue weighted by Crippen LogP contribution is 2.65. The van der Waals surface area contributed by atoms with Crippen LogP contribution < -0.4 is 9.47 Å². The van der Waals surface area contributed by atoms with Gasteiger partial charge in [-0.05, 0) is 68.3 Å². The maximum atomic E-state index is 13.8. The zero-order valence-electron chi connectivity index (χ0n) is 25.6. The highest BCUT2D eigenvalue weighted by molar-refractivity contribution is 5.94. The average molecular weight is 623 g/mol. The van der Waals surface area contributed by atoms with Crippen LogP contribution in [-0.4, -0.2) is 64.6 Å². The third-order valence-corrected chi connectivity index (χ3v) is 9.86. The largest absolute Gasteiger partial charge is 0.504 e. The summed E-state index contributed by atoms with van der Waals surface area (Å²) in [6.45, 7) is 11.2. The number of rotatable bonds is 6. The van der Waals surface area contributed by atoms with Gasteiger partial charge in [0.2, 0.25) is 0 Å². The lowest BCUT2D eigenvalue weighted by atomic mass is 9.50. The third kappa shape index (κ3) is 5.25. The lowest BCUT2D eigenvalue weighted by Gasteiger charge is -2.60. The zero-order chi connectivity index (χ0) is 32.3. The van der Waals surface area contributed by atoms with Crippen LogP contribution in [-0.2, 0) is 27.6 Å². The Hall–Kier alpha value is -3.97. The first-order valence-corrected chi connectivity index (χ1v) is 15.4. The number of piperidine rings is 1. The number of halogens is 3. The lowest BCUT2D eigenvalue weighted by molar-refractivity contribution is -0.138. The molecule has 2 aliphatic carbocycles. The molecule has 238 valence electrons. The second-order valence-electron chi connectivity index (χ2n) is 13.0. The number of carbonyl (C=O) groups excluding carboxylic acids is 2. The number of aromatic hydroxyl groups is 1. The summed E-state index contributed by atoms with van der Waals surface area (Å²) < 4.78 is 51.4. The van der Waals surface area contributed by atoms with Crippen LogP contribution in [0.3, 0.4) is 0 Å². The number of phenols is 1. The number of nitrogens with zero attached hydrogens (tertiary/aromatic N) is 2. The SMILES string of the molecule is C=CCN1CC[C@]23c4c5c(OC(C)=O)cc(O)c4O[C@H]2[C@@H](N(CC(C)C)C(=O)C#Cc2ccc(C(F)(F)F)cc2)CC[C@H]3[C@H]1C5. The second kappa shape index (κ2) is 11.4. The number of hydrogen-bond donors (Lipinski definition) is 1. The molecule has 2 aromatic rings. The summed E-state index contributed by atoms with van der Waals surface area (Å²) in [6, 6.07) is 5.67. The van der Waals surface area contributed by atoms with E-state index < -0.39 is 35.1 Å². The standard InChI is InChI=1S/C35H37F3N2O5/c1-5-15-39-16-14-34-25-11-12-26(33(34)45-32-28(42)18-29(44-21(4)41)24(31(32)34)17-27(25)39)40(19-20(2)3)30(43)13-8-22-6-9-23(10-7-22)35(36,37)38/h5-7,9-10,18,20,25-27,33,42H,1,11-12,14-17,19H2,2-4H3/t25-,26-,27+,33-,34-/m0/s1. The summed E-state index contributed by atoms with van der Waals surface area (Å²) in [6.07, 6.45) is -0.180. The van der Waals surface area contributed by atoms with Gasteiger partial charge in [0.05, 0.1) is 11.6 Å². The van der Waals surface area contributed by atoms with Crippen molar-refractivity contribution in [3.05, 3.63) is 65.2 Å². The molecule has 1 saturated carbocycles. The Kier molecular flexibility index (Phi) is 7.88. The van der Waals surface area contributed by atoms with Crippen LogP contribution >= 0.6 is 0 Å². The summed E-state index contributed by atoms with van der Waals surface area (Å²) in [5.41, 5.74) is 0.767. The number of phenolic OH excluding ortho intramolecular Hbond substituents is 1. The van der Waals surface area contributed by atoms with Gasteiger partial charge in [0.1, 0.15) is 11.9 Å². The molecule has 6 rings (SSSR count). The van der Waals surface area contributed by atoms with E-state index in [9.17, 15) is 27.9 Å². The molecule has 2 heterocycles. The summed E-state index contributed by atoms with van der Waals surface area (Å²) >= 11 is 0. The maximum Gasteiger partial charge on any atom is 0.416 e. The third-order valence-electron chi connectivity index (χ3n) is 9.86. The Labute approximate surface area is 261 Å². The van der Waals surface area contributed by atoms with Crippen molar-refractivity contribution in [3.63, 3.8) is 0 Å². The monoisotopic (exact) mass is 622 g/mol. The van der Waals surface area contributed by atoms with Crippen molar-refractivity contribution in [2.24, 2.45) is 11.8 Å². The molecule has 2 bridgehead atoms. The Bertz CT molecular complexity index is 1590. The van der Waals surface area contributed by atoms with Gasteiger partial charge >= 0.3 is 12.1 Å². The molecule has 45 heavy (non-hydrogen) atoms. The molecule has 5 atom stereocenters. The van der Waals surface area contributed by atoms with Gasteiger partial charge in [-0.25, -0.2) is 0 Å². The molecule has 1 amide bonds. The van der Waals surface area contributed by atoms with E-state index in [0.29, 0.717) is 43.0 Å². The molecule has 0 unspecified atom stereocenters. The van der Waals surface area contributed by atoms with Crippen molar-refractivity contribution in [1.29, 1.82) is 0 Å². The van der Waals surface area contributed by atoms with E-state index in [1.165, 1.54) is 25.1 Å². The molecule has 2 aliphatic heterocycles. The quantitative estimate of drug-likeness (QED) is 0.199. The minimum absolute atomic E-state index is 0.0953. The Morgan fingerprint density at radius 1 is 1.27 bits per heavy atom. The Balaban J connectivity index is 1.40. The average Bonchev–Trinajstić information content (AvgIpc) is 3.32. The smallest absolute Gasteiger partial charge is 0.416 e. The number of carbonyl (C=O) groups is 2. The van der Waals surface area contributed by atoms with Crippen LogP contribution in [0.1, 0.15) is 62.3 Å². The topological polar surface area (TPSA) is 79.3 Å². The van der Waals surface area contributed by atoms with Crippen molar-refractivity contribution in [2.75, 3.05) is 19.6 Å². The van der Waals surface area contributed by atoms with E-state index in [1.807, 2.05) is 19.9 Å². The Morgan fingerprint density at radius 2 is 2.00 bits per heavy atom. The maximum absolute atomic E-state index is 13.8. The lowest BCUT2D eigenvalue weighted by Crippen LogP contribution is -2.69. The fourth-order valence-electron chi connectivity index (χ4n) is 8.31. The van der Waals surface area contributed by atoms with Crippen LogP contribution in [0.15, 0.2) is 43.0 Å². The molecule has 1 spiro atoms. The number of amides is 1. The fraction of sp³-hybridized carbons (Fsp3) is 0.486. The highest BCUT2D eigenvalue weighted by Gasteiger charge is 2.67. The van der Waals surface area contributed by atoms with Gasteiger partial charge in [0.15, 0.2) is 11.5 Å². The first kappa shape index (κ1) is 31.0. The summed E-state index contributed by atoms with van der Waals surface area (Å²) in [4.78, 5) is 30.1. The van der Waals surface area contributed by atoms with Gasteiger partial charge in [-0.15, -0.1) is 6.58 Å². The van der Waals surface area contributed by atoms with Gasteiger partial charge in [-0.2, -0.15) is 13.2 Å². The molecule has 0 radical (unpaired) electrons. The minimum Gasteiger partial charge on any atom is -0.504 e. The molecular formula is C35H37F3N2O5. The van der Waals surface area contributed by atoms with E-state index >= 15 is 0 Å². The van der Waals surface area contributed by atoms with Gasteiger partial charge in [0, 0.05) is 60.1 Å². The van der Waals surface area contributed by atoms with Crippen LogP contribution in [0.4, 0.5) is 13.2 Å². The molecule has 2 aromatic carbocycles. The number of benzene rings is 2. The van der Waals surface area contributed by atoms with Gasteiger partial charge in [0.25, 0.3) is 5.91 Å². The highest BCUT2D eigenvalue weighted by atomic mass is 19.4. The predicted molar refractivity (Wildman–Crippen MR) is 161 cm³/mol. The van der Waals surface area contributed by atoms with Crippen LogP contribution in [0.25, 0.3) is 0 Å². The van der Waals surface area contributed by atoms with Crippen molar-refractivity contribution < 1.29 is 37.3 Å². The molecule has 2 fully saturated rings. The van der Waals surface area contributed by atoms with Crippen LogP contribution in [0, 0.1) is 23.7 Å². The van der Waals surface area contributed by atoms with Gasteiger partial charge in [-0.1, -0.05) is 25.8 Å². The minimum atomic E-state index is -4.46. The zero-order valence-corrected chi connectivity index (χ0v) is 25.6. The van der Waals surface area contributed by atoms with Crippen LogP contribution in [0.2, 0.25) is 0 Å². The van der Waals surface area contributed by atoms with Crippen molar-refractivity contribution in [2.45, 2.75) is 76.2 Å². The normalized spacial score (nSPS) is 26.3. The summed E-state index contributed by atoms with van der Waals surface area (Å²) in [5.74, 6) is 5.48. The first-order valence-electron chi connectivity index (χ1n) is 15.4. The number of ether oxygens (including phenoxy) is 2. The summed E-state index contributed by atoms with van der Waals surface area (Å²) in [7, 11) is 0. The first-order chi connectivity index (χ1) is 21.3. The molecule has 0 aromatic heterocycles. The van der Waals surface area contributed by atoms with Gasteiger partial charge in [-0.3, -0.25) is 14.5 Å². The molecular weight excluding hydrogens is 585 g/mol. The molecule has 4 aliphatic rings. The van der Waals surface area contributed by atoms with E-state index in [2.05, 4.69) is 23.3 Å². The van der Waals surface area contributed by atoms with E-state index in [0.717, 1.165) is 42.6 Å². The fourth-order valence-corrected chi connectivity index (χ4v) is 8.31. The number of likely N-dealkylation sites (tertiary alicyclic amines) is 1. The summed E-state index contributed by atoms with van der Waals surface area (Å²) in [5, 5.41) is 11.2. The number of hydrogen-bond acceptors (Lipinski definition) is 6. The molecule has 1 N–H and O–H groups in total. The van der Waals surface area contributed by atoms with E-state index in [-0.39, 0.29) is 29.7 Å². The van der Waals surface area contributed by atoms with E-state index in [1.54, 1.807) is 4.90 Å². The van der Waals surface area contributed by atoms with Gasteiger partial charge < -0.3 is 19.5 Å². The van der Waals surface area contributed by atoms with Crippen molar-refractivity contribution in [3.8, 4) is 29.1 Å². The molecule has 1 saturated heterocycles. The second-order valence-corrected chi connectivity index (χ2v) is 13.0. The van der Waals surface area contributed by atoms with E-state index in [4.69, 9.17) is 9.47 Å².